The first kappa shape index (κ1) is 18.0. The second-order valence-electron chi connectivity index (χ2n) is 7.92. The van der Waals surface area contributed by atoms with E-state index in [-0.39, 0.29) is 17.2 Å². The van der Waals surface area contributed by atoms with E-state index in [1.54, 1.807) is 7.11 Å². The maximum Gasteiger partial charge on any atom is 0.224 e. The lowest BCUT2D eigenvalue weighted by Crippen LogP contribution is -2.43. The monoisotopic (exact) mass is 368 g/mol. The number of aryl methyl sites for hydroxylation is 2. The first-order valence-corrected chi connectivity index (χ1v) is 9.93. The molecule has 0 spiro atoms. The summed E-state index contributed by atoms with van der Waals surface area (Å²) in [6.45, 7) is 3.31. The predicted molar refractivity (Wildman–Crippen MR) is 103 cm³/mol. The minimum atomic E-state index is -0.0193. The Bertz CT molecular complexity index is 823. The second kappa shape index (κ2) is 7.33. The Morgan fingerprint density at radius 2 is 2.07 bits per heavy atom. The first-order valence-electron chi connectivity index (χ1n) is 9.93. The molecular formula is C21H28N4O2. The molecule has 2 aliphatic rings. The van der Waals surface area contributed by atoms with Crippen molar-refractivity contribution in [2.24, 2.45) is 5.92 Å². The smallest absolute Gasteiger partial charge is 0.224 e. The minimum absolute atomic E-state index is 0.0108. The molecule has 6 nitrogen and oxygen atoms in total. The van der Waals surface area contributed by atoms with E-state index in [1.165, 1.54) is 18.4 Å². The van der Waals surface area contributed by atoms with E-state index in [0.717, 1.165) is 43.1 Å². The number of nitrogens with zero attached hydrogens (tertiary/aromatic N) is 3. The van der Waals surface area contributed by atoms with Crippen LogP contribution in [0.15, 0.2) is 24.3 Å². The van der Waals surface area contributed by atoms with Gasteiger partial charge in [-0.2, -0.15) is 0 Å². The molecule has 1 saturated carbocycles. The molecule has 1 fully saturated rings. The molecule has 1 aromatic carbocycles. The highest BCUT2D eigenvalue weighted by Crippen LogP contribution is 2.44. The van der Waals surface area contributed by atoms with Crippen molar-refractivity contribution < 1.29 is 9.53 Å². The highest BCUT2D eigenvalue weighted by Gasteiger charge is 2.38. The fraction of sp³-hybridized carbons (Fsp3) is 0.571. The molecule has 1 aliphatic heterocycles. The lowest BCUT2D eigenvalue weighted by atomic mass is 9.78. The van der Waals surface area contributed by atoms with Gasteiger partial charge in [0.05, 0.1) is 13.0 Å². The summed E-state index contributed by atoms with van der Waals surface area (Å²) in [4.78, 5) is 12.9. The summed E-state index contributed by atoms with van der Waals surface area (Å²) in [7, 11) is 1.72. The highest BCUT2D eigenvalue weighted by atomic mass is 16.5. The van der Waals surface area contributed by atoms with Gasteiger partial charge in [-0.15, -0.1) is 10.2 Å². The number of para-hydroxylation sites is 1. The summed E-state index contributed by atoms with van der Waals surface area (Å²) in [5.41, 5.74) is 1.21. The van der Waals surface area contributed by atoms with E-state index in [4.69, 9.17) is 4.74 Å². The zero-order chi connectivity index (χ0) is 18.9. The van der Waals surface area contributed by atoms with Crippen LogP contribution in [0.25, 0.3) is 0 Å². The summed E-state index contributed by atoms with van der Waals surface area (Å²) in [6.07, 6.45) is 6.23. The first-order chi connectivity index (χ1) is 13.1. The average molecular weight is 368 g/mol. The van der Waals surface area contributed by atoms with Crippen LogP contribution in [-0.4, -0.2) is 34.3 Å². The van der Waals surface area contributed by atoms with Gasteiger partial charge in [0, 0.05) is 30.5 Å². The van der Waals surface area contributed by atoms with Crippen LogP contribution in [0.1, 0.15) is 49.3 Å². The number of benzene rings is 1. The highest BCUT2D eigenvalue weighted by molar-refractivity contribution is 5.79. The molecule has 1 aliphatic carbocycles. The molecule has 2 heterocycles. The number of fused-ring (bicyclic) bond motifs is 1. The van der Waals surface area contributed by atoms with Crippen molar-refractivity contribution in [1.82, 2.24) is 20.1 Å². The third kappa shape index (κ3) is 3.33. The molecule has 4 rings (SSSR count). The zero-order valence-corrected chi connectivity index (χ0v) is 16.2. The number of nitrogens with one attached hydrogen (secondary N) is 1. The third-order valence-electron chi connectivity index (χ3n) is 6.34. The topological polar surface area (TPSA) is 69.0 Å². The molecule has 1 atom stereocenters. The van der Waals surface area contributed by atoms with Crippen LogP contribution < -0.4 is 10.1 Å². The molecular weight excluding hydrogens is 340 g/mol. The normalized spacial score (nSPS) is 20.9. The number of carbonyl (C=O) groups is 1. The molecule has 0 radical (unpaired) electrons. The molecule has 1 amide bonds. The molecule has 0 bridgehead atoms. The number of amides is 1. The van der Waals surface area contributed by atoms with Crippen LogP contribution in [0, 0.1) is 12.8 Å². The van der Waals surface area contributed by atoms with Crippen molar-refractivity contribution in [1.29, 1.82) is 0 Å². The Kier molecular flexibility index (Phi) is 4.89. The predicted octanol–water partition coefficient (Wildman–Crippen LogP) is 2.79. The zero-order valence-electron chi connectivity index (χ0n) is 16.2. The number of rotatable bonds is 5. The quantitative estimate of drug-likeness (QED) is 0.881. The van der Waals surface area contributed by atoms with Crippen molar-refractivity contribution in [2.45, 2.75) is 57.4 Å². The van der Waals surface area contributed by atoms with Crippen LogP contribution in [0.2, 0.25) is 0 Å². The van der Waals surface area contributed by atoms with E-state index in [9.17, 15) is 4.79 Å². The number of ether oxygens (including phenoxy) is 1. The molecule has 6 heteroatoms. The van der Waals surface area contributed by atoms with Gasteiger partial charge in [0.15, 0.2) is 0 Å². The Hall–Kier alpha value is -2.37. The molecule has 0 saturated heterocycles. The van der Waals surface area contributed by atoms with Crippen molar-refractivity contribution >= 4 is 5.91 Å². The van der Waals surface area contributed by atoms with Crippen LogP contribution >= 0.6 is 0 Å². The van der Waals surface area contributed by atoms with Crippen LogP contribution in [0.5, 0.6) is 5.75 Å². The summed E-state index contributed by atoms with van der Waals surface area (Å²) in [5, 5.41) is 11.6. The van der Waals surface area contributed by atoms with E-state index in [2.05, 4.69) is 32.2 Å². The average Bonchev–Trinajstić information content (AvgIpc) is 3.34. The molecule has 1 aromatic heterocycles. The summed E-state index contributed by atoms with van der Waals surface area (Å²) >= 11 is 0. The van der Waals surface area contributed by atoms with Gasteiger partial charge in [0.25, 0.3) is 0 Å². The third-order valence-corrected chi connectivity index (χ3v) is 6.34. The van der Waals surface area contributed by atoms with Gasteiger partial charge in [0.1, 0.15) is 17.4 Å². The fourth-order valence-corrected chi connectivity index (χ4v) is 4.75. The van der Waals surface area contributed by atoms with Crippen molar-refractivity contribution in [3.63, 3.8) is 0 Å². The standard InChI is InChI=1S/C21H28N4O2/c1-15-23-24-19-10-9-16(13-25(15)19)20(26)22-14-21(11-5-6-12-21)17-7-3-4-8-18(17)27-2/h3-4,7-8,16H,5-6,9-14H2,1-2H3,(H,22,26). The van der Waals surface area contributed by atoms with Crippen LogP contribution in [0.3, 0.4) is 0 Å². The van der Waals surface area contributed by atoms with E-state index >= 15 is 0 Å². The van der Waals surface area contributed by atoms with Gasteiger partial charge in [-0.05, 0) is 32.3 Å². The lowest BCUT2D eigenvalue weighted by molar-refractivity contribution is -0.126. The molecule has 2 aromatic rings. The SMILES string of the molecule is COc1ccccc1C1(CNC(=O)C2CCc3nnc(C)n3C2)CCCC1. The lowest BCUT2D eigenvalue weighted by Gasteiger charge is -2.32. The Balaban J connectivity index is 1.48. The molecule has 27 heavy (non-hydrogen) atoms. The van der Waals surface area contributed by atoms with E-state index in [1.807, 2.05) is 19.1 Å². The maximum absolute atomic E-state index is 12.9. The largest absolute Gasteiger partial charge is 0.496 e. The summed E-state index contributed by atoms with van der Waals surface area (Å²) in [5.74, 6) is 2.95. The minimum Gasteiger partial charge on any atom is -0.496 e. The molecule has 1 unspecified atom stereocenters. The van der Waals surface area contributed by atoms with Gasteiger partial charge < -0.3 is 14.6 Å². The second-order valence-corrected chi connectivity index (χ2v) is 7.92. The Morgan fingerprint density at radius 3 is 2.85 bits per heavy atom. The summed E-state index contributed by atoms with van der Waals surface area (Å²) < 4.78 is 7.70. The molecule has 1 N–H and O–H groups in total. The van der Waals surface area contributed by atoms with Gasteiger partial charge in [-0.25, -0.2) is 0 Å². The number of carbonyl (C=O) groups excluding carboxylic acids is 1. The van der Waals surface area contributed by atoms with Crippen molar-refractivity contribution in [3.05, 3.63) is 41.5 Å². The van der Waals surface area contributed by atoms with E-state index < -0.39 is 0 Å². The fourth-order valence-electron chi connectivity index (χ4n) is 4.75. The van der Waals surface area contributed by atoms with Gasteiger partial charge in [-0.1, -0.05) is 31.0 Å². The Labute approximate surface area is 160 Å². The number of hydrogen-bond donors (Lipinski definition) is 1. The summed E-state index contributed by atoms with van der Waals surface area (Å²) in [6, 6.07) is 8.25. The van der Waals surface area contributed by atoms with Crippen molar-refractivity contribution in [3.8, 4) is 5.75 Å². The number of methoxy groups -OCH3 is 1. The maximum atomic E-state index is 12.9. The van der Waals surface area contributed by atoms with Crippen molar-refractivity contribution in [2.75, 3.05) is 13.7 Å². The van der Waals surface area contributed by atoms with Gasteiger partial charge >= 0.3 is 0 Å². The number of aromatic nitrogens is 3. The van der Waals surface area contributed by atoms with E-state index in [0.29, 0.717) is 13.1 Å². The molecule has 144 valence electrons. The number of hydrogen-bond acceptors (Lipinski definition) is 4. The van der Waals surface area contributed by atoms with Crippen LogP contribution in [0.4, 0.5) is 0 Å². The van der Waals surface area contributed by atoms with Gasteiger partial charge in [-0.3, -0.25) is 4.79 Å². The van der Waals surface area contributed by atoms with Gasteiger partial charge in [0.2, 0.25) is 5.91 Å². The Morgan fingerprint density at radius 1 is 1.30 bits per heavy atom. The van der Waals surface area contributed by atoms with Crippen LogP contribution in [-0.2, 0) is 23.2 Å².